The molecule has 3 N–H and O–H groups in total. The van der Waals surface area contributed by atoms with Crippen molar-refractivity contribution in [2.45, 2.75) is 46.6 Å². The summed E-state index contributed by atoms with van der Waals surface area (Å²) in [6, 6.07) is 7.19. The number of ether oxygens (including phenoxy) is 1. The van der Waals surface area contributed by atoms with Gasteiger partial charge in [0.1, 0.15) is 0 Å². The molecule has 0 aliphatic carbocycles. The molecule has 27 heavy (non-hydrogen) atoms. The number of rotatable bonds is 7. The zero-order valence-corrected chi connectivity index (χ0v) is 16.3. The summed E-state index contributed by atoms with van der Waals surface area (Å²) in [5, 5.41) is 26.4. The number of carboxylic acid groups (broad SMARTS) is 2. The molecule has 7 heteroatoms. The molecule has 0 saturated carbocycles. The third-order valence-electron chi connectivity index (χ3n) is 4.45. The fourth-order valence-electron chi connectivity index (χ4n) is 2.87. The molecule has 0 saturated heterocycles. The van der Waals surface area contributed by atoms with Crippen molar-refractivity contribution in [2.24, 2.45) is 5.41 Å². The van der Waals surface area contributed by atoms with Gasteiger partial charge in [-0.1, -0.05) is 24.3 Å². The number of nitrogens with zero attached hydrogens (tertiary/aromatic N) is 1. The summed E-state index contributed by atoms with van der Waals surface area (Å²) in [4.78, 5) is 23.7. The number of H-pyrrole nitrogens is 1. The number of aromatic amines is 1. The number of aryl methyl sites for hydroxylation is 2. The summed E-state index contributed by atoms with van der Waals surface area (Å²) < 4.78 is 5.53. The van der Waals surface area contributed by atoms with Crippen LogP contribution in [0.2, 0.25) is 0 Å². The highest BCUT2D eigenvalue weighted by atomic mass is 16.5. The first-order valence-corrected chi connectivity index (χ1v) is 8.68. The molecule has 0 aliphatic heterocycles. The molecule has 0 radical (unpaired) electrons. The van der Waals surface area contributed by atoms with Crippen molar-refractivity contribution in [2.75, 3.05) is 6.61 Å². The zero-order chi connectivity index (χ0) is 20.4. The van der Waals surface area contributed by atoms with Crippen LogP contribution in [0.15, 0.2) is 24.3 Å². The van der Waals surface area contributed by atoms with E-state index < -0.39 is 29.6 Å². The molecule has 0 bridgehead atoms. The van der Waals surface area contributed by atoms with E-state index in [9.17, 15) is 19.8 Å². The summed E-state index contributed by atoms with van der Waals surface area (Å²) in [6.45, 7) is 8.68. The largest absolute Gasteiger partial charge is 0.480 e. The Balaban J connectivity index is 2.32. The molecule has 0 aliphatic rings. The lowest BCUT2D eigenvalue weighted by molar-refractivity contribution is -0.173. The molecule has 2 rings (SSSR count). The molecule has 146 valence electrons. The summed E-state index contributed by atoms with van der Waals surface area (Å²) in [7, 11) is 0. The number of nitrogens with one attached hydrogen (secondary N) is 1. The molecule has 0 spiro atoms. The minimum absolute atomic E-state index is 0.169. The van der Waals surface area contributed by atoms with Gasteiger partial charge in [0, 0.05) is 17.7 Å². The third-order valence-corrected chi connectivity index (χ3v) is 4.45. The highest BCUT2D eigenvalue weighted by Crippen LogP contribution is 2.30. The maximum Gasteiger partial charge on any atom is 0.323 e. The van der Waals surface area contributed by atoms with Crippen molar-refractivity contribution in [3.8, 4) is 11.1 Å². The van der Waals surface area contributed by atoms with Crippen molar-refractivity contribution in [1.82, 2.24) is 10.2 Å². The third kappa shape index (κ3) is 4.54. The minimum atomic E-state index is -2.05. The van der Waals surface area contributed by atoms with E-state index in [0.717, 1.165) is 22.5 Å². The fourth-order valence-corrected chi connectivity index (χ4v) is 2.87. The van der Waals surface area contributed by atoms with Gasteiger partial charge in [0.25, 0.3) is 0 Å². The van der Waals surface area contributed by atoms with E-state index >= 15 is 0 Å². The van der Waals surface area contributed by atoms with Gasteiger partial charge in [-0.25, -0.2) is 0 Å². The van der Waals surface area contributed by atoms with Crippen molar-refractivity contribution in [3.63, 3.8) is 0 Å². The molecule has 0 atom stereocenters. The van der Waals surface area contributed by atoms with Crippen LogP contribution in [-0.2, 0) is 20.7 Å². The van der Waals surface area contributed by atoms with Crippen molar-refractivity contribution < 1.29 is 24.5 Å². The first-order chi connectivity index (χ1) is 12.5. The van der Waals surface area contributed by atoms with Crippen LogP contribution in [0, 0.1) is 19.3 Å². The lowest BCUT2D eigenvalue weighted by atomic mass is 9.82. The minimum Gasteiger partial charge on any atom is -0.480 e. The van der Waals surface area contributed by atoms with Crippen LogP contribution >= 0.6 is 0 Å². The Morgan fingerprint density at radius 3 is 2.04 bits per heavy atom. The summed E-state index contributed by atoms with van der Waals surface area (Å²) in [5.74, 6) is -2.82. The van der Waals surface area contributed by atoms with E-state index in [4.69, 9.17) is 4.74 Å². The number of aliphatic carboxylic acids is 2. The molecule has 2 aromatic rings. The first-order valence-electron chi connectivity index (χ1n) is 8.68. The van der Waals surface area contributed by atoms with Gasteiger partial charge in [0.05, 0.1) is 17.9 Å². The van der Waals surface area contributed by atoms with Crippen molar-refractivity contribution in [1.29, 1.82) is 0 Å². The van der Waals surface area contributed by atoms with Crippen molar-refractivity contribution >= 4 is 11.9 Å². The lowest BCUT2D eigenvalue weighted by Gasteiger charge is -2.29. The van der Waals surface area contributed by atoms with Gasteiger partial charge in [-0.3, -0.25) is 14.7 Å². The second-order valence-corrected chi connectivity index (χ2v) is 7.78. The summed E-state index contributed by atoms with van der Waals surface area (Å²) in [5.41, 5.74) is 1.64. The number of hydrogen-bond acceptors (Lipinski definition) is 4. The predicted octanol–water partition coefficient (Wildman–Crippen LogP) is 3.21. The molecule has 1 aromatic heterocycles. The Hall–Kier alpha value is -2.67. The van der Waals surface area contributed by atoms with Gasteiger partial charge in [0.2, 0.25) is 0 Å². The van der Waals surface area contributed by atoms with Gasteiger partial charge in [-0.2, -0.15) is 5.10 Å². The number of benzene rings is 1. The van der Waals surface area contributed by atoms with Crippen LogP contribution in [0.5, 0.6) is 0 Å². The monoisotopic (exact) mass is 374 g/mol. The first kappa shape index (κ1) is 20.6. The second kappa shape index (κ2) is 7.52. The topological polar surface area (TPSA) is 113 Å². The van der Waals surface area contributed by atoms with Crippen LogP contribution < -0.4 is 0 Å². The van der Waals surface area contributed by atoms with Crippen molar-refractivity contribution in [3.05, 3.63) is 41.2 Å². The normalized spacial score (nSPS) is 12.2. The summed E-state index contributed by atoms with van der Waals surface area (Å²) >= 11 is 0. The Kier molecular flexibility index (Phi) is 5.75. The Bertz CT molecular complexity index is 798. The van der Waals surface area contributed by atoms with Gasteiger partial charge < -0.3 is 14.9 Å². The lowest BCUT2D eigenvalue weighted by Crippen LogP contribution is -2.47. The molecule has 0 fully saturated rings. The van der Waals surface area contributed by atoms with Crippen LogP contribution in [0.1, 0.15) is 37.7 Å². The van der Waals surface area contributed by atoms with E-state index in [1.165, 1.54) is 0 Å². The van der Waals surface area contributed by atoms with E-state index in [0.29, 0.717) is 5.56 Å². The molecule has 1 heterocycles. The number of carbonyl (C=O) groups is 2. The molecule has 0 amide bonds. The van der Waals surface area contributed by atoms with Crippen LogP contribution in [0.4, 0.5) is 0 Å². The molecular formula is C20H26N2O5. The van der Waals surface area contributed by atoms with E-state index in [1.807, 2.05) is 26.0 Å². The maximum absolute atomic E-state index is 11.9. The Morgan fingerprint density at radius 2 is 1.63 bits per heavy atom. The van der Waals surface area contributed by atoms with Gasteiger partial charge in [-0.15, -0.1) is 0 Å². The molecular weight excluding hydrogens is 348 g/mol. The van der Waals surface area contributed by atoms with Gasteiger partial charge >= 0.3 is 11.9 Å². The number of hydrogen-bond donors (Lipinski definition) is 3. The van der Waals surface area contributed by atoms with Gasteiger partial charge in [-0.05, 0) is 45.7 Å². The fraction of sp³-hybridized carbons (Fsp3) is 0.450. The van der Waals surface area contributed by atoms with E-state index in [-0.39, 0.29) is 6.42 Å². The molecule has 0 unspecified atom stereocenters. The zero-order valence-electron chi connectivity index (χ0n) is 16.3. The summed E-state index contributed by atoms with van der Waals surface area (Å²) in [6.07, 6.45) is -0.169. The maximum atomic E-state index is 11.9. The second-order valence-electron chi connectivity index (χ2n) is 7.78. The van der Waals surface area contributed by atoms with Gasteiger partial charge in [0.15, 0.2) is 5.41 Å². The van der Waals surface area contributed by atoms with E-state index in [2.05, 4.69) is 10.2 Å². The van der Waals surface area contributed by atoms with Crippen LogP contribution in [-0.4, -0.2) is 44.6 Å². The predicted molar refractivity (Wildman–Crippen MR) is 101 cm³/mol. The van der Waals surface area contributed by atoms with E-state index in [1.54, 1.807) is 32.9 Å². The smallest absolute Gasteiger partial charge is 0.323 e. The SMILES string of the molecule is Cc1n[nH]c(C)c1-c1ccc(CC(COC(C)(C)C)(C(=O)O)C(=O)O)cc1. The average molecular weight is 374 g/mol. The standard InChI is InChI=1S/C20H26N2O5/c1-12-16(13(2)22-21-12)15-8-6-14(7-9-15)10-20(17(23)24,18(25)26)11-27-19(3,4)5/h6-9H,10-11H2,1-5H3,(H,21,22)(H,23,24)(H,25,26). The highest BCUT2D eigenvalue weighted by molar-refractivity contribution is 5.98. The average Bonchev–Trinajstić information content (AvgIpc) is 2.89. The van der Waals surface area contributed by atoms with Crippen LogP contribution in [0.25, 0.3) is 11.1 Å². The number of carboxylic acids is 2. The molecule has 1 aromatic carbocycles. The van der Waals surface area contributed by atoms with Crippen LogP contribution in [0.3, 0.4) is 0 Å². The Morgan fingerprint density at radius 1 is 1.07 bits per heavy atom. The Labute approximate surface area is 158 Å². The highest BCUT2D eigenvalue weighted by Gasteiger charge is 2.48. The molecule has 7 nitrogen and oxygen atoms in total. The quantitative estimate of drug-likeness (QED) is 0.642. The number of aromatic nitrogens is 2.